The van der Waals surface area contributed by atoms with Gasteiger partial charge in [0.25, 0.3) is 0 Å². The topological polar surface area (TPSA) is 64.1 Å². The second-order valence-corrected chi connectivity index (χ2v) is 4.71. The van der Waals surface area contributed by atoms with Crippen molar-refractivity contribution < 1.29 is 14.2 Å². The number of nitrogens with one attached hydrogen (secondary N) is 2. The summed E-state index contributed by atoms with van der Waals surface area (Å²) >= 11 is 0. The quantitative estimate of drug-likeness (QED) is 0.275. The van der Waals surface area contributed by atoms with Gasteiger partial charge in [-0.2, -0.15) is 0 Å². The highest BCUT2D eigenvalue weighted by atomic mass is 127. The molecule has 6 nitrogen and oxygen atoms in total. The van der Waals surface area contributed by atoms with Crippen LogP contribution in [0.2, 0.25) is 0 Å². The molecule has 0 aliphatic carbocycles. The third-order valence-electron chi connectivity index (χ3n) is 2.89. The summed E-state index contributed by atoms with van der Waals surface area (Å²) in [7, 11) is 3.44. The van der Waals surface area contributed by atoms with E-state index in [1.165, 1.54) is 0 Å². The Hall–Kier alpha value is -0.120. The summed E-state index contributed by atoms with van der Waals surface area (Å²) in [6, 6.07) is 0.226. The van der Waals surface area contributed by atoms with E-state index >= 15 is 0 Å². The molecule has 20 heavy (non-hydrogen) atoms. The highest BCUT2D eigenvalue weighted by molar-refractivity contribution is 14.0. The van der Waals surface area contributed by atoms with E-state index in [0.717, 1.165) is 32.0 Å². The van der Waals surface area contributed by atoms with Crippen molar-refractivity contribution in [2.75, 3.05) is 47.1 Å². The largest absolute Gasteiger partial charge is 0.383 e. The molecule has 1 saturated heterocycles. The predicted octanol–water partition coefficient (Wildman–Crippen LogP) is 1.000. The van der Waals surface area contributed by atoms with Crippen LogP contribution in [0.3, 0.4) is 0 Å². The van der Waals surface area contributed by atoms with Gasteiger partial charge in [-0.05, 0) is 19.8 Å². The second-order valence-electron chi connectivity index (χ2n) is 4.71. The van der Waals surface area contributed by atoms with Gasteiger partial charge in [0.2, 0.25) is 0 Å². The van der Waals surface area contributed by atoms with Crippen molar-refractivity contribution in [2.45, 2.75) is 31.9 Å². The number of hydrogen-bond acceptors (Lipinski definition) is 4. The lowest BCUT2D eigenvalue weighted by Gasteiger charge is -2.17. The Morgan fingerprint density at radius 3 is 2.90 bits per heavy atom. The zero-order valence-corrected chi connectivity index (χ0v) is 15.0. The fraction of sp³-hybridized carbons (Fsp3) is 0.923. The highest BCUT2D eigenvalue weighted by Gasteiger charge is 2.14. The first kappa shape index (κ1) is 19.9. The first-order valence-corrected chi connectivity index (χ1v) is 6.91. The number of methoxy groups -OCH3 is 1. The molecule has 0 aromatic rings. The molecule has 0 spiro atoms. The number of ether oxygens (including phenoxy) is 3. The fourth-order valence-corrected chi connectivity index (χ4v) is 1.95. The minimum Gasteiger partial charge on any atom is -0.383 e. The lowest BCUT2D eigenvalue weighted by atomic mass is 10.2. The van der Waals surface area contributed by atoms with Gasteiger partial charge in [0, 0.05) is 33.4 Å². The number of hydrogen-bond donors (Lipinski definition) is 2. The maximum atomic E-state index is 5.57. The van der Waals surface area contributed by atoms with Crippen LogP contribution in [-0.2, 0) is 14.2 Å². The normalized spacial score (nSPS) is 20.4. The number of rotatable bonds is 8. The van der Waals surface area contributed by atoms with Crippen molar-refractivity contribution in [3.8, 4) is 0 Å². The van der Waals surface area contributed by atoms with Gasteiger partial charge in [0.15, 0.2) is 5.96 Å². The average Bonchev–Trinajstić information content (AvgIpc) is 2.90. The van der Waals surface area contributed by atoms with Crippen LogP contribution in [0.5, 0.6) is 0 Å². The molecule has 0 amide bonds. The summed E-state index contributed by atoms with van der Waals surface area (Å²) < 4.78 is 16.1. The van der Waals surface area contributed by atoms with Crippen LogP contribution in [0.25, 0.3) is 0 Å². The summed E-state index contributed by atoms with van der Waals surface area (Å²) in [5.41, 5.74) is 0. The SMILES string of the molecule is CN=C(NCCOCC1CCCO1)NC(C)COC.I. The molecule has 1 heterocycles. The molecule has 120 valence electrons. The third-order valence-corrected chi connectivity index (χ3v) is 2.89. The molecule has 1 fully saturated rings. The first-order chi connectivity index (χ1) is 9.26. The van der Waals surface area contributed by atoms with Crippen molar-refractivity contribution in [2.24, 2.45) is 4.99 Å². The molecule has 0 radical (unpaired) electrons. The molecule has 7 heteroatoms. The van der Waals surface area contributed by atoms with Crippen molar-refractivity contribution >= 4 is 29.9 Å². The Balaban J connectivity index is 0.00000361. The van der Waals surface area contributed by atoms with Gasteiger partial charge in [0.1, 0.15) is 0 Å². The van der Waals surface area contributed by atoms with Crippen LogP contribution >= 0.6 is 24.0 Å². The maximum absolute atomic E-state index is 5.57. The van der Waals surface area contributed by atoms with Gasteiger partial charge in [-0.15, -0.1) is 24.0 Å². The van der Waals surface area contributed by atoms with Crippen LogP contribution in [0.4, 0.5) is 0 Å². The van der Waals surface area contributed by atoms with Gasteiger partial charge in [-0.1, -0.05) is 0 Å². The Kier molecular flexibility index (Phi) is 12.5. The molecule has 1 aliphatic rings. The molecule has 0 aromatic carbocycles. The maximum Gasteiger partial charge on any atom is 0.191 e. The Morgan fingerprint density at radius 2 is 2.30 bits per heavy atom. The third kappa shape index (κ3) is 8.93. The first-order valence-electron chi connectivity index (χ1n) is 6.91. The van der Waals surface area contributed by atoms with Gasteiger partial charge in [-0.25, -0.2) is 0 Å². The fourth-order valence-electron chi connectivity index (χ4n) is 1.95. The van der Waals surface area contributed by atoms with Gasteiger partial charge in [0.05, 0.1) is 25.9 Å². The van der Waals surface area contributed by atoms with Crippen LogP contribution in [0.1, 0.15) is 19.8 Å². The highest BCUT2D eigenvalue weighted by Crippen LogP contribution is 2.11. The van der Waals surface area contributed by atoms with Gasteiger partial charge in [-0.3, -0.25) is 4.99 Å². The molecule has 0 aromatic heterocycles. The lowest BCUT2D eigenvalue weighted by Crippen LogP contribution is -2.44. The Morgan fingerprint density at radius 1 is 1.50 bits per heavy atom. The zero-order chi connectivity index (χ0) is 13.9. The van der Waals surface area contributed by atoms with Crippen LogP contribution < -0.4 is 10.6 Å². The zero-order valence-electron chi connectivity index (χ0n) is 12.7. The molecule has 2 N–H and O–H groups in total. The predicted molar refractivity (Wildman–Crippen MR) is 91.0 cm³/mol. The van der Waals surface area contributed by atoms with E-state index in [1.54, 1.807) is 14.2 Å². The molecular formula is C13H28IN3O3. The smallest absolute Gasteiger partial charge is 0.191 e. The molecule has 2 atom stereocenters. The standard InChI is InChI=1S/C13H27N3O3.HI/c1-11(9-17-3)16-13(14-2)15-6-8-18-10-12-5-4-7-19-12;/h11-12H,4-10H2,1-3H3,(H2,14,15,16);1H. The van der Waals surface area contributed by atoms with E-state index in [4.69, 9.17) is 14.2 Å². The molecule has 1 rings (SSSR count). The summed E-state index contributed by atoms with van der Waals surface area (Å²) in [6.07, 6.45) is 2.56. The van der Waals surface area contributed by atoms with Gasteiger partial charge < -0.3 is 24.8 Å². The minimum absolute atomic E-state index is 0. The lowest BCUT2D eigenvalue weighted by molar-refractivity contribution is 0.0191. The molecule has 2 unspecified atom stereocenters. The number of aliphatic imine (C=N–C) groups is 1. The van der Waals surface area contributed by atoms with E-state index in [9.17, 15) is 0 Å². The molecule has 0 saturated carbocycles. The molecular weight excluding hydrogens is 373 g/mol. The van der Waals surface area contributed by atoms with E-state index in [1.807, 2.05) is 6.92 Å². The summed E-state index contributed by atoms with van der Waals surface area (Å²) in [4.78, 5) is 4.14. The van der Waals surface area contributed by atoms with Crippen molar-refractivity contribution in [3.05, 3.63) is 0 Å². The van der Waals surface area contributed by atoms with Crippen LogP contribution in [0, 0.1) is 0 Å². The Labute approximate surface area is 139 Å². The number of nitrogens with zero attached hydrogens (tertiary/aromatic N) is 1. The van der Waals surface area contributed by atoms with Gasteiger partial charge >= 0.3 is 0 Å². The molecule has 0 bridgehead atoms. The van der Waals surface area contributed by atoms with Crippen molar-refractivity contribution in [1.82, 2.24) is 10.6 Å². The second kappa shape index (κ2) is 12.6. The minimum atomic E-state index is 0. The van der Waals surface area contributed by atoms with Crippen molar-refractivity contribution in [3.63, 3.8) is 0 Å². The van der Waals surface area contributed by atoms with Crippen LogP contribution in [0.15, 0.2) is 4.99 Å². The summed E-state index contributed by atoms with van der Waals surface area (Å²) in [5.74, 6) is 0.769. The monoisotopic (exact) mass is 401 g/mol. The van der Waals surface area contributed by atoms with Crippen LogP contribution in [-0.4, -0.2) is 65.2 Å². The van der Waals surface area contributed by atoms with E-state index in [2.05, 4.69) is 15.6 Å². The van der Waals surface area contributed by atoms with E-state index in [0.29, 0.717) is 25.9 Å². The number of halogens is 1. The Bertz CT molecular complexity index is 261. The number of guanidine groups is 1. The van der Waals surface area contributed by atoms with E-state index < -0.39 is 0 Å². The summed E-state index contributed by atoms with van der Waals surface area (Å²) in [5, 5.41) is 6.43. The van der Waals surface area contributed by atoms with E-state index in [-0.39, 0.29) is 30.0 Å². The average molecular weight is 401 g/mol. The summed E-state index contributed by atoms with van der Waals surface area (Å²) in [6.45, 7) is 5.64. The van der Waals surface area contributed by atoms with Crippen molar-refractivity contribution in [1.29, 1.82) is 0 Å². The molecule has 1 aliphatic heterocycles.